The molecule has 2 aliphatic carbocycles. The van der Waals surface area contributed by atoms with E-state index in [1.54, 1.807) is 10.9 Å². The number of fused-ring (bicyclic) bond motifs is 1. The van der Waals surface area contributed by atoms with E-state index >= 15 is 0 Å². The summed E-state index contributed by atoms with van der Waals surface area (Å²) in [6, 6.07) is -0.00311. The molecule has 1 unspecified atom stereocenters. The topological polar surface area (TPSA) is 64.7 Å². The molecule has 0 bridgehead atoms. The van der Waals surface area contributed by atoms with Crippen LogP contribution in [0.5, 0.6) is 0 Å². The predicted molar refractivity (Wildman–Crippen MR) is 86.0 cm³/mol. The van der Waals surface area contributed by atoms with E-state index in [0.717, 1.165) is 54.9 Å². The molecule has 2 aliphatic rings. The number of carbonyl (C=O) groups excluding carboxylic acids is 1. The van der Waals surface area contributed by atoms with Crippen molar-refractivity contribution < 1.29 is 4.79 Å². The van der Waals surface area contributed by atoms with E-state index in [1.165, 1.54) is 6.42 Å². The monoisotopic (exact) mass is 313 g/mol. The van der Waals surface area contributed by atoms with Crippen LogP contribution in [0.1, 0.15) is 59.3 Å². The lowest BCUT2D eigenvalue weighted by Gasteiger charge is -2.19. The molecule has 2 aromatic heterocycles. The molecule has 1 saturated carbocycles. The number of hydrogen-bond acceptors (Lipinski definition) is 3. The first-order valence-corrected chi connectivity index (χ1v) is 8.48. The number of hydrogen-bond donors (Lipinski definition) is 1. The fraction of sp³-hybridized carbons (Fsp3) is 0.588. The molecule has 0 radical (unpaired) electrons. The average molecular weight is 313 g/mol. The molecule has 1 atom stereocenters. The quantitative estimate of drug-likeness (QED) is 0.938. The van der Waals surface area contributed by atoms with E-state index in [-0.39, 0.29) is 11.9 Å². The van der Waals surface area contributed by atoms with Crippen molar-refractivity contribution in [3.63, 3.8) is 0 Å². The number of nitrogens with one attached hydrogen (secondary N) is 1. The zero-order valence-electron chi connectivity index (χ0n) is 13.7. The van der Waals surface area contributed by atoms with E-state index in [0.29, 0.717) is 5.92 Å². The van der Waals surface area contributed by atoms with Gasteiger partial charge in [0.05, 0.1) is 11.7 Å². The molecule has 122 valence electrons. The van der Waals surface area contributed by atoms with Gasteiger partial charge in [-0.25, -0.2) is 4.98 Å². The van der Waals surface area contributed by atoms with Crippen LogP contribution in [0.15, 0.2) is 12.4 Å². The molecule has 4 rings (SSSR count). The van der Waals surface area contributed by atoms with Crippen LogP contribution in [0.2, 0.25) is 0 Å². The van der Waals surface area contributed by atoms with Gasteiger partial charge in [0, 0.05) is 32.1 Å². The van der Waals surface area contributed by atoms with Gasteiger partial charge in [0.1, 0.15) is 11.5 Å². The highest BCUT2D eigenvalue weighted by Crippen LogP contribution is 2.40. The van der Waals surface area contributed by atoms with Gasteiger partial charge < -0.3 is 9.88 Å². The molecule has 23 heavy (non-hydrogen) atoms. The Morgan fingerprint density at radius 2 is 2.09 bits per heavy atom. The standard InChI is InChI=1S/C17H23N5O/c1-21-10-9-18-16(21)14(11-7-8-11)19-17(23)15-12-5-3-4-6-13(12)20-22(15)2/h9-11,14H,3-8H2,1-2H3,(H,19,23). The van der Waals surface area contributed by atoms with Crippen molar-refractivity contribution in [3.05, 3.63) is 35.2 Å². The van der Waals surface area contributed by atoms with E-state index in [1.807, 2.05) is 24.9 Å². The smallest absolute Gasteiger partial charge is 0.270 e. The Labute approximate surface area is 135 Å². The van der Waals surface area contributed by atoms with Gasteiger partial charge in [0.2, 0.25) is 0 Å². The Balaban J connectivity index is 1.62. The first-order valence-electron chi connectivity index (χ1n) is 8.48. The van der Waals surface area contributed by atoms with Crippen molar-refractivity contribution in [2.24, 2.45) is 20.0 Å². The third kappa shape index (κ3) is 2.56. The summed E-state index contributed by atoms with van der Waals surface area (Å²) < 4.78 is 3.76. The lowest BCUT2D eigenvalue weighted by atomic mass is 9.95. The van der Waals surface area contributed by atoms with Crippen molar-refractivity contribution in [1.82, 2.24) is 24.6 Å². The van der Waals surface area contributed by atoms with E-state index in [4.69, 9.17) is 0 Å². The molecule has 1 amide bonds. The maximum Gasteiger partial charge on any atom is 0.270 e. The normalized spacial score (nSPS) is 18.5. The van der Waals surface area contributed by atoms with Crippen LogP contribution in [-0.2, 0) is 26.9 Å². The van der Waals surface area contributed by atoms with Crippen LogP contribution < -0.4 is 5.32 Å². The summed E-state index contributed by atoms with van der Waals surface area (Å²) in [4.78, 5) is 17.4. The Kier molecular flexibility index (Phi) is 3.47. The summed E-state index contributed by atoms with van der Waals surface area (Å²) in [5.41, 5.74) is 2.98. The van der Waals surface area contributed by atoms with Crippen LogP contribution in [0.25, 0.3) is 0 Å². The highest BCUT2D eigenvalue weighted by atomic mass is 16.2. The van der Waals surface area contributed by atoms with Crippen LogP contribution in [-0.4, -0.2) is 25.2 Å². The van der Waals surface area contributed by atoms with Crippen LogP contribution in [0.4, 0.5) is 0 Å². The van der Waals surface area contributed by atoms with Crippen LogP contribution in [0, 0.1) is 5.92 Å². The second-order valence-corrected chi connectivity index (χ2v) is 6.79. The van der Waals surface area contributed by atoms with Gasteiger partial charge in [-0.3, -0.25) is 9.48 Å². The second-order valence-electron chi connectivity index (χ2n) is 6.79. The molecule has 0 aliphatic heterocycles. The number of imidazole rings is 1. The number of carbonyl (C=O) groups is 1. The van der Waals surface area contributed by atoms with Crippen molar-refractivity contribution >= 4 is 5.91 Å². The minimum Gasteiger partial charge on any atom is -0.340 e. The summed E-state index contributed by atoms with van der Waals surface area (Å²) in [6.07, 6.45) is 10.3. The summed E-state index contributed by atoms with van der Waals surface area (Å²) in [5.74, 6) is 1.43. The van der Waals surface area contributed by atoms with Crippen LogP contribution >= 0.6 is 0 Å². The Morgan fingerprint density at radius 3 is 2.78 bits per heavy atom. The summed E-state index contributed by atoms with van der Waals surface area (Å²) in [7, 11) is 3.86. The van der Waals surface area contributed by atoms with Gasteiger partial charge in [-0.15, -0.1) is 0 Å². The molecule has 1 N–H and O–H groups in total. The number of amides is 1. The minimum absolute atomic E-state index is 0.00311. The molecule has 2 aromatic rings. The van der Waals surface area contributed by atoms with E-state index in [9.17, 15) is 4.79 Å². The first-order chi connectivity index (χ1) is 11.1. The van der Waals surface area contributed by atoms with Crippen molar-refractivity contribution in [2.75, 3.05) is 0 Å². The second kappa shape index (κ2) is 5.51. The molecular weight excluding hydrogens is 290 g/mol. The Morgan fingerprint density at radius 1 is 1.30 bits per heavy atom. The van der Waals surface area contributed by atoms with Crippen molar-refractivity contribution in [2.45, 2.75) is 44.6 Å². The fourth-order valence-corrected chi connectivity index (χ4v) is 3.67. The number of rotatable bonds is 4. The van der Waals surface area contributed by atoms with Crippen molar-refractivity contribution in [3.8, 4) is 0 Å². The van der Waals surface area contributed by atoms with Gasteiger partial charge in [-0.05, 0) is 44.4 Å². The highest BCUT2D eigenvalue weighted by Gasteiger charge is 2.37. The molecule has 2 heterocycles. The van der Waals surface area contributed by atoms with Crippen LogP contribution in [0.3, 0.4) is 0 Å². The molecule has 0 spiro atoms. The SMILES string of the molecule is Cn1ccnc1C(NC(=O)c1c2c(nn1C)CCCC2)C1CC1. The number of aryl methyl sites for hydroxylation is 3. The summed E-state index contributed by atoms with van der Waals surface area (Å²) >= 11 is 0. The summed E-state index contributed by atoms with van der Waals surface area (Å²) in [5, 5.41) is 7.79. The largest absolute Gasteiger partial charge is 0.340 e. The predicted octanol–water partition coefficient (Wildman–Crippen LogP) is 1.91. The van der Waals surface area contributed by atoms with Gasteiger partial charge >= 0.3 is 0 Å². The van der Waals surface area contributed by atoms with Gasteiger partial charge in [0.15, 0.2) is 0 Å². The lowest BCUT2D eigenvalue weighted by molar-refractivity contribution is 0.0918. The van der Waals surface area contributed by atoms with Crippen molar-refractivity contribution in [1.29, 1.82) is 0 Å². The highest BCUT2D eigenvalue weighted by molar-refractivity contribution is 5.94. The lowest BCUT2D eigenvalue weighted by Crippen LogP contribution is -2.33. The molecule has 0 saturated heterocycles. The molecular formula is C17H23N5O. The maximum atomic E-state index is 12.9. The van der Waals surface area contributed by atoms with Gasteiger partial charge in [0.25, 0.3) is 5.91 Å². The third-order valence-electron chi connectivity index (χ3n) is 5.05. The first kappa shape index (κ1) is 14.5. The molecule has 6 nitrogen and oxygen atoms in total. The molecule has 6 heteroatoms. The Bertz CT molecular complexity index is 740. The zero-order valence-corrected chi connectivity index (χ0v) is 13.7. The number of nitrogens with zero attached hydrogens (tertiary/aromatic N) is 4. The van der Waals surface area contributed by atoms with Gasteiger partial charge in [-0.1, -0.05) is 0 Å². The van der Waals surface area contributed by atoms with E-state index < -0.39 is 0 Å². The summed E-state index contributed by atoms with van der Waals surface area (Å²) in [6.45, 7) is 0. The van der Waals surface area contributed by atoms with Gasteiger partial charge in [-0.2, -0.15) is 5.10 Å². The maximum absolute atomic E-state index is 12.9. The molecule has 0 aromatic carbocycles. The minimum atomic E-state index is -0.0111. The average Bonchev–Trinajstić information content (AvgIpc) is 3.20. The number of aromatic nitrogens is 4. The van der Waals surface area contributed by atoms with E-state index in [2.05, 4.69) is 15.4 Å². The Hall–Kier alpha value is -2.11. The molecule has 1 fully saturated rings. The third-order valence-corrected chi connectivity index (χ3v) is 5.05. The zero-order chi connectivity index (χ0) is 16.0. The fourth-order valence-electron chi connectivity index (χ4n) is 3.67.